The number of rotatable bonds is 5. The molecule has 0 radical (unpaired) electrons. The van der Waals surface area contributed by atoms with E-state index in [1.54, 1.807) is 18.0 Å². The van der Waals surface area contributed by atoms with Gasteiger partial charge in [0, 0.05) is 42.5 Å². The van der Waals surface area contributed by atoms with E-state index in [0.29, 0.717) is 12.1 Å². The second-order valence-electron chi connectivity index (χ2n) is 6.26. The van der Waals surface area contributed by atoms with Crippen LogP contribution in [0.5, 0.6) is 0 Å². The number of aliphatic hydroxyl groups excluding tert-OH is 1. The summed E-state index contributed by atoms with van der Waals surface area (Å²) in [6, 6.07) is 11.3. The van der Waals surface area contributed by atoms with Crippen molar-refractivity contribution in [1.29, 1.82) is 0 Å². The van der Waals surface area contributed by atoms with Gasteiger partial charge in [-0.05, 0) is 48.6 Å². The minimum atomic E-state index is -0.570. The number of aromatic nitrogens is 1. The number of carbonyl (C=O) groups excluding carboxylic acids is 1. The van der Waals surface area contributed by atoms with Crippen LogP contribution >= 0.6 is 11.8 Å². The lowest BCUT2D eigenvalue weighted by Crippen LogP contribution is -2.53. The Morgan fingerprint density at radius 2 is 2.16 bits per heavy atom. The highest BCUT2D eigenvalue weighted by atomic mass is 32.2. The van der Waals surface area contributed by atoms with Crippen LogP contribution in [0.25, 0.3) is 0 Å². The maximum atomic E-state index is 12.4. The zero-order valence-corrected chi connectivity index (χ0v) is 15.1. The number of benzene rings is 1. The molecule has 1 amide bonds. The normalized spacial score (nSPS) is 21.0. The minimum absolute atomic E-state index is 0.127. The fourth-order valence-corrected chi connectivity index (χ4v) is 3.46. The number of pyridine rings is 1. The van der Waals surface area contributed by atoms with E-state index in [1.165, 1.54) is 0 Å². The van der Waals surface area contributed by atoms with Crippen LogP contribution in [0.2, 0.25) is 0 Å². The Morgan fingerprint density at radius 1 is 1.36 bits per heavy atom. The van der Waals surface area contributed by atoms with Crippen LogP contribution < -0.4 is 5.32 Å². The number of piperidine rings is 1. The van der Waals surface area contributed by atoms with E-state index in [1.807, 2.05) is 48.9 Å². The summed E-state index contributed by atoms with van der Waals surface area (Å²) < 4.78 is 0. The molecule has 2 atom stereocenters. The average Bonchev–Trinajstić information content (AvgIpc) is 2.65. The molecule has 3 rings (SSSR count). The van der Waals surface area contributed by atoms with E-state index >= 15 is 0 Å². The molecule has 132 valence electrons. The van der Waals surface area contributed by atoms with Gasteiger partial charge >= 0.3 is 0 Å². The molecule has 25 heavy (non-hydrogen) atoms. The summed E-state index contributed by atoms with van der Waals surface area (Å²) in [5.74, 6) is -0.127. The Kier molecular flexibility index (Phi) is 6.07. The van der Waals surface area contributed by atoms with Gasteiger partial charge < -0.3 is 10.4 Å². The summed E-state index contributed by atoms with van der Waals surface area (Å²) in [6.07, 6.45) is 5.77. The van der Waals surface area contributed by atoms with Gasteiger partial charge in [-0.25, -0.2) is 0 Å². The van der Waals surface area contributed by atoms with E-state index in [4.69, 9.17) is 0 Å². The first-order valence-corrected chi connectivity index (χ1v) is 9.62. The highest BCUT2D eigenvalue weighted by Crippen LogP contribution is 2.17. The Balaban J connectivity index is 1.53. The van der Waals surface area contributed by atoms with E-state index < -0.39 is 6.10 Å². The van der Waals surface area contributed by atoms with E-state index in [-0.39, 0.29) is 11.9 Å². The molecule has 1 aliphatic heterocycles. The SMILES string of the molecule is CSc1ccc(C(=O)N[C@@H]2CCN(Cc3cccnc3)C[C@H]2O)cc1. The molecule has 1 saturated heterocycles. The number of nitrogens with zero attached hydrogens (tertiary/aromatic N) is 2. The van der Waals surface area contributed by atoms with Crippen molar-refractivity contribution in [1.82, 2.24) is 15.2 Å². The molecule has 0 unspecified atom stereocenters. The second-order valence-corrected chi connectivity index (χ2v) is 7.14. The first-order valence-electron chi connectivity index (χ1n) is 8.40. The molecular formula is C19H23N3O2S. The molecule has 0 aliphatic carbocycles. The Morgan fingerprint density at radius 3 is 2.80 bits per heavy atom. The van der Waals surface area contributed by atoms with Gasteiger partial charge in [-0.1, -0.05) is 6.07 Å². The van der Waals surface area contributed by atoms with Crippen molar-refractivity contribution in [2.75, 3.05) is 19.3 Å². The van der Waals surface area contributed by atoms with Crippen LogP contribution in [0.1, 0.15) is 22.3 Å². The van der Waals surface area contributed by atoms with Crippen LogP contribution in [0.4, 0.5) is 0 Å². The minimum Gasteiger partial charge on any atom is -0.390 e. The van der Waals surface area contributed by atoms with Gasteiger partial charge in [-0.2, -0.15) is 0 Å². The van der Waals surface area contributed by atoms with Gasteiger partial charge in [0.2, 0.25) is 0 Å². The third kappa shape index (κ3) is 4.81. The number of nitrogens with one attached hydrogen (secondary N) is 1. The lowest BCUT2D eigenvalue weighted by Gasteiger charge is -2.36. The fraction of sp³-hybridized carbons (Fsp3) is 0.368. The van der Waals surface area contributed by atoms with Crippen LogP contribution in [0.3, 0.4) is 0 Å². The van der Waals surface area contributed by atoms with Crippen molar-refractivity contribution >= 4 is 17.7 Å². The third-order valence-corrected chi connectivity index (χ3v) is 5.21. The number of amides is 1. The van der Waals surface area contributed by atoms with E-state index in [0.717, 1.165) is 30.0 Å². The molecule has 2 N–H and O–H groups in total. The number of hydrogen-bond acceptors (Lipinski definition) is 5. The Hall–Kier alpha value is -1.89. The second kappa shape index (κ2) is 8.47. The predicted molar refractivity (Wildman–Crippen MR) is 99.6 cm³/mol. The van der Waals surface area contributed by atoms with Crippen LogP contribution in [0, 0.1) is 0 Å². The molecule has 1 fully saturated rings. The summed E-state index contributed by atoms with van der Waals surface area (Å²) in [4.78, 5) is 19.8. The summed E-state index contributed by atoms with van der Waals surface area (Å²) in [7, 11) is 0. The smallest absolute Gasteiger partial charge is 0.251 e. The molecule has 0 bridgehead atoms. The maximum Gasteiger partial charge on any atom is 0.251 e. The van der Waals surface area contributed by atoms with E-state index in [2.05, 4.69) is 15.2 Å². The first kappa shape index (κ1) is 17.9. The zero-order valence-electron chi connectivity index (χ0n) is 14.3. The van der Waals surface area contributed by atoms with E-state index in [9.17, 15) is 9.90 Å². The third-order valence-electron chi connectivity index (χ3n) is 4.46. The molecule has 6 heteroatoms. The van der Waals surface area contributed by atoms with Gasteiger partial charge in [0.25, 0.3) is 5.91 Å². The number of aliphatic hydroxyl groups is 1. The standard InChI is InChI=1S/C19H23N3O2S/c1-25-16-6-4-15(5-7-16)19(24)21-17-8-10-22(13-18(17)23)12-14-3-2-9-20-11-14/h2-7,9,11,17-18,23H,8,10,12-13H2,1H3,(H,21,24)/t17-,18-/m1/s1. The summed E-state index contributed by atoms with van der Waals surface area (Å²) in [6.45, 7) is 2.15. The average molecular weight is 357 g/mol. The lowest BCUT2D eigenvalue weighted by molar-refractivity contribution is 0.0349. The van der Waals surface area contributed by atoms with Crippen molar-refractivity contribution in [3.05, 3.63) is 59.9 Å². The molecular weight excluding hydrogens is 334 g/mol. The van der Waals surface area contributed by atoms with Gasteiger partial charge in [-0.3, -0.25) is 14.7 Å². The molecule has 0 saturated carbocycles. The van der Waals surface area contributed by atoms with Crippen molar-refractivity contribution in [3.63, 3.8) is 0 Å². The van der Waals surface area contributed by atoms with Gasteiger partial charge in [0.05, 0.1) is 12.1 Å². The first-order chi connectivity index (χ1) is 12.2. The summed E-state index contributed by atoms with van der Waals surface area (Å²) in [5, 5.41) is 13.4. The molecule has 0 spiro atoms. The maximum absolute atomic E-state index is 12.4. The molecule has 5 nitrogen and oxygen atoms in total. The quantitative estimate of drug-likeness (QED) is 0.803. The van der Waals surface area contributed by atoms with Gasteiger partial charge in [0.15, 0.2) is 0 Å². The Labute approximate surface area is 152 Å². The van der Waals surface area contributed by atoms with Crippen LogP contribution in [0.15, 0.2) is 53.7 Å². The zero-order chi connectivity index (χ0) is 17.6. The largest absolute Gasteiger partial charge is 0.390 e. The van der Waals surface area contributed by atoms with Crippen molar-refractivity contribution in [2.45, 2.75) is 30.0 Å². The Bertz CT molecular complexity index is 694. The summed E-state index contributed by atoms with van der Waals surface area (Å²) in [5.41, 5.74) is 1.76. The van der Waals surface area contributed by atoms with Crippen molar-refractivity contribution in [2.24, 2.45) is 0 Å². The predicted octanol–water partition coefficient (Wildman–Crippen LogP) is 2.17. The number of β-amino-alcohol motifs (C(OH)–C–C–N with tert-alkyl or cyclic N) is 1. The number of likely N-dealkylation sites (tertiary alicyclic amines) is 1. The van der Waals surface area contributed by atoms with Crippen LogP contribution in [-0.4, -0.2) is 52.4 Å². The fourth-order valence-electron chi connectivity index (χ4n) is 3.05. The number of thioether (sulfide) groups is 1. The number of hydrogen-bond donors (Lipinski definition) is 2. The van der Waals surface area contributed by atoms with Gasteiger partial charge in [0.1, 0.15) is 0 Å². The summed E-state index contributed by atoms with van der Waals surface area (Å²) >= 11 is 1.64. The molecule has 1 aromatic heterocycles. The lowest BCUT2D eigenvalue weighted by atomic mass is 10.0. The molecule has 2 heterocycles. The molecule has 2 aromatic rings. The highest BCUT2D eigenvalue weighted by Gasteiger charge is 2.29. The highest BCUT2D eigenvalue weighted by molar-refractivity contribution is 7.98. The number of carbonyl (C=O) groups is 1. The monoisotopic (exact) mass is 357 g/mol. The molecule has 1 aliphatic rings. The topological polar surface area (TPSA) is 65.5 Å². The van der Waals surface area contributed by atoms with Crippen molar-refractivity contribution in [3.8, 4) is 0 Å². The van der Waals surface area contributed by atoms with Crippen LogP contribution in [-0.2, 0) is 6.54 Å². The van der Waals surface area contributed by atoms with Gasteiger partial charge in [-0.15, -0.1) is 11.8 Å². The van der Waals surface area contributed by atoms with Crippen molar-refractivity contribution < 1.29 is 9.90 Å². The molecule has 1 aromatic carbocycles.